The Morgan fingerprint density at radius 2 is 1.88 bits per heavy atom. The molecule has 32 heavy (non-hydrogen) atoms. The van der Waals surface area contributed by atoms with Gasteiger partial charge in [-0.25, -0.2) is 9.50 Å². The summed E-state index contributed by atoms with van der Waals surface area (Å²) in [7, 11) is 0. The van der Waals surface area contributed by atoms with Crippen LogP contribution in [0.15, 0.2) is 53.1 Å². The van der Waals surface area contributed by atoms with E-state index in [-0.39, 0.29) is 17.9 Å². The number of carbonyl (C=O) groups excluding carboxylic acids is 2. The average molecular weight is 427 g/mol. The third-order valence-corrected chi connectivity index (χ3v) is 5.74. The van der Waals surface area contributed by atoms with Crippen molar-refractivity contribution in [3.05, 3.63) is 71.2 Å². The molecule has 0 saturated heterocycles. The van der Waals surface area contributed by atoms with E-state index in [1.54, 1.807) is 4.52 Å². The number of primary amides is 1. The summed E-state index contributed by atoms with van der Waals surface area (Å²) >= 11 is 0. The molecule has 0 spiro atoms. The minimum Gasteiger partial charge on any atom is -0.456 e. The number of carbonyl (C=O) groups is 2. The molecule has 8 nitrogen and oxygen atoms in total. The number of fused-ring (bicyclic) bond motifs is 4. The molecule has 0 fully saturated rings. The topological polar surface area (TPSA) is 116 Å². The predicted molar refractivity (Wildman–Crippen MR) is 122 cm³/mol. The Morgan fingerprint density at radius 1 is 1.09 bits per heavy atom. The van der Waals surface area contributed by atoms with E-state index < -0.39 is 5.91 Å². The van der Waals surface area contributed by atoms with Crippen molar-refractivity contribution < 1.29 is 14.0 Å². The first-order chi connectivity index (χ1) is 15.4. The maximum absolute atomic E-state index is 12.6. The summed E-state index contributed by atoms with van der Waals surface area (Å²) in [5.41, 5.74) is 10.8. The number of nitrogens with one attached hydrogen (secondary N) is 1. The van der Waals surface area contributed by atoms with Gasteiger partial charge in [-0.15, -0.1) is 0 Å². The summed E-state index contributed by atoms with van der Waals surface area (Å²) in [6.07, 6.45) is 2.18. The van der Waals surface area contributed by atoms with Crippen LogP contribution in [0.4, 0.5) is 5.69 Å². The third-order valence-electron chi connectivity index (χ3n) is 5.74. The molecule has 3 aromatic heterocycles. The van der Waals surface area contributed by atoms with Gasteiger partial charge in [0.05, 0.1) is 6.20 Å². The van der Waals surface area contributed by atoms with Gasteiger partial charge in [-0.2, -0.15) is 5.10 Å². The summed E-state index contributed by atoms with van der Waals surface area (Å²) in [5.74, 6) is -0.683. The number of amides is 2. The normalized spacial score (nSPS) is 11.4. The lowest BCUT2D eigenvalue weighted by atomic mass is 10.1. The number of furan rings is 1. The van der Waals surface area contributed by atoms with E-state index in [0.717, 1.165) is 38.9 Å². The molecule has 0 radical (unpaired) electrons. The van der Waals surface area contributed by atoms with E-state index >= 15 is 0 Å². The summed E-state index contributed by atoms with van der Waals surface area (Å²) < 4.78 is 7.49. The highest BCUT2D eigenvalue weighted by Crippen LogP contribution is 2.30. The Hall–Kier alpha value is -4.20. The number of benzene rings is 2. The van der Waals surface area contributed by atoms with Crippen molar-refractivity contribution in [1.29, 1.82) is 0 Å². The molecule has 0 saturated carbocycles. The molecule has 0 aliphatic rings. The molecule has 2 aromatic carbocycles. The van der Waals surface area contributed by atoms with E-state index in [2.05, 4.69) is 15.4 Å². The van der Waals surface area contributed by atoms with Crippen LogP contribution in [0, 0.1) is 13.8 Å². The monoisotopic (exact) mass is 427 g/mol. The molecule has 0 bridgehead atoms. The molecule has 5 rings (SSSR count). The number of hydrogen-bond donors (Lipinski definition) is 2. The van der Waals surface area contributed by atoms with Crippen molar-refractivity contribution in [3.63, 3.8) is 0 Å². The minimum absolute atomic E-state index is 0.113. The largest absolute Gasteiger partial charge is 0.456 e. The van der Waals surface area contributed by atoms with Crippen molar-refractivity contribution in [2.75, 3.05) is 5.32 Å². The van der Waals surface area contributed by atoms with Gasteiger partial charge in [-0.3, -0.25) is 9.59 Å². The first kappa shape index (κ1) is 19.7. The zero-order valence-electron chi connectivity index (χ0n) is 17.7. The van der Waals surface area contributed by atoms with Crippen molar-refractivity contribution in [1.82, 2.24) is 14.6 Å². The number of hydrogen-bond acceptors (Lipinski definition) is 5. The van der Waals surface area contributed by atoms with Crippen molar-refractivity contribution in [2.24, 2.45) is 5.73 Å². The molecule has 3 N–H and O–H groups in total. The molecular formula is C24H21N5O3. The Bertz CT molecular complexity index is 1530. The first-order valence-corrected chi connectivity index (χ1v) is 10.3. The second kappa shape index (κ2) is 7.49. The lowest BCUT2D eigenvalue weighted by Gasteiger charge is -2.11. The van der Waals surface area contributed by atoms with Crippen LogP contribution in [0.3, 0.4) is 0 Å². The summed E-state index contributed by atoms with van der Waals surface area (Å²) in [6, 6.07) is 13.5. The van der Waals surface area contributed by atoms with E-state index in [1.807, 2.05) is 56.3 Å². The SMILES string of the molecule is Cc1nc2c(C(N)=O)cnn2c(C)c1CCC(=O)Nc1ccc2c(c1)oc1ccccc12. The van der Waals surface area contributed by atoms with Gasteiger partial charge in [0.25, 0.3) is 5.91 Å². The highest BCUT2D eigenvalue weighted by Gasteiger charge is 2.17. The number of rotatable bonds is 5. The van der Waals surface area contributed by atoms with Crippen molar-refractivity contribution >= 4 is 45.1 Å². The highest BCUT2D eigenvalue weighted by atomic mass is 16.3. The lowest BCUT2D eigenvalue weighted by Crippen LogP contribution is -2.15. The Balaban J connectivity index is 1.34. The molecule has 0 aliphatic carbocycles. The summed E-state index contributed by atoms with van der Waals surface area (Å²) in [6.45, 7) is 3.75. The second-order valence-electron chi connectivity index (χ2n) is 7.78. The predicted octanol–water partition coefficient (Wildman–Crippen LogP) is 3.92. The van der Waals surface area contributed by atoms with Gasteiger partial charge in [-0.1, -0.05) is 18.2 Å². The standard InChI is InChI=1S/C24H21N5O3/c1-13-16(14(2)29-24(27-13)19(12-26-29)23(25)31)9-10-22(30)28-15-7-8-18-17-5-3-4-6-20(17)32-21(18)11-15/h3-8,11-12H,9-10H2,1-2H3,(H2,25,31)(H,28,30). The van der Waals surface area contributed by atoms with Gasteiger partial charge in [0.15, 0.2) is 5.65 Å². The number of aromatic nitrogens is 3. The average Bonchev–Trinajstić information content (AvgIpc) is 3.34. The zero-order valence-corrected chi connectivity index (χ0v) is 17.7. The maximum atomic E-state index is 12.6. The number of para-hydroxylation sites is 1. The molecule has 2 amide bonds. The third kappa shape index (κ3) is 3.26. The van der Waals surface area contributed by atoms with E-state index in [1.165, 1.54) is 6.20 Å². The van der Waals surface area contributed by atoms with Gasteiger partial charge < -0.3 is 15.5 Å². The van der Waals surface area contributed by atoms with E-state index in [0.29, 0.717) is 17.8 Å². The minimum atomic E-state index is -0.570. The quantitative estimate of drug-likeness (QED) is 0.441. The zero-order chi connectivity index (χ0) is 22.4. The molecule has 0 aliphatic heterocycles. The van der Waals surface area contributed by atoms with Crippen LogP contribution in [0.1, 0.15) is 33.7 Å². The van der Waals surface area contributed by atoms with Crippen LogP contribution in [-0.2, 0) is 11.2 Å². The molecule has 0 unspecified atom stereocenters. The van der Waals surface area contributed by atoms with Crippen LogP contribution in [0.2, 0.25) is 0 Å². The molecule has 160 valence electrons. The van der Waals surface area contributed by atoms with Gasteiger partial charge in [0, 0.05) is 40.3 Å². The Labute approximate surface area is 183 Å². The van der Waals surface area contributed by atoms with Gasteiger partial charge >= 0.3 is 0 Å². The number of anilines is 1. The number of aryl methyl sites for hydroxylation is 2. The molecule has 8 heteroatoms. The fourth-order valence-electron chi connectivity index (χ4n) is 4.11. The van der Waals surface area contributed by atoms with Crippen LogP contribution >= 0.6 is 0 Å². The molecular weight excluding hydrogens is 406 g/mol. The van der Waals surface area contributed by atoms with Crippen LogP contribution in [0.25, 0.3) is 27.6 Å². The summed E-state index contributed by atoms with van der Waals surface area (Å²) in [4.78, 5) is 28.7. The Morgan fingerprint density at radius 3 is 2.69 bits per heavy atom. The second-order valence-corrected chi connectivity index (χ2v) is 7.78. The van der Waals surface area contributed by atoms with Gasteiger partial charge in [0.2, 0.25) is 5.91 Å². The van der Waals surface area contributed by atoms with Gasteiger partial charge in [-0.05, 0) is 44.0 Å². The van der Waals surface area contributed by atoms with E-state index in [9.17, 15) is 9.59 Å². The first-order valence-electron chi connectivity index (χ1n) is 10.3. The maximum Gasteiger partial charge on any atom is 0.254 e. The molecule has 3 heterocycles. The van der Waals surface area contributed by atoms with Crippen LogP contribution in [-0.4, -0.2) is 26.4 Å². The highest BCUT2D eigenvalue weighted by molar-refractivity contribution is 6.06. The molecule has 0 atom stereocenters. The van der Waals surface area contributed by atoms with Crippen LogP contribution < -0.4 is 11.1 Å². The van der Waals surface area contributed by atoms with Crippen molar-refractivity contribution in [2.45, 2.75) is 26.7 Å². The van der Waals surface area contributed by atoms with Gasteiger partial charge in [0.1, 0.15) is 16.7 Å². The smallest absolute Gasteiger partial charge is 0.254 e. The van der Waals surface area contributed by atoms with Crippen LogP contribution in [0.5, 0.6) is 0 Å². The van der Waals surface area contributed by atoms with Crippen molar-refractivity contribution in [3.8, 4) is 0 Å². The Kier molecular flexibility index (Phi) is 4.62. The lowest BCUT2D eigenvalue weighted by molar-refractivity contribution is -0.116. The summed E-state index contributed by atoms with van der Waals surface area (Å²) in [5, 5.41) is 9.23. The molecule has 5 aromatic rings. The fourth-order valence-corrected chi connectivity index (χ4v) is 4.11. The fraction of sp³-hybridized carbons (Fsp3) is 0.167. The number of nitrogens with zero attached hydrogens (tertiary/aromatic N) is 3. The van der Waals surface area contributed by atoms with E-state index in [4.69, 9.17) is 10.2 Å². The number of nitrogens with two attached hydrogens (primary N) is 1.